The monoisotopic (exact) mass is 545 g/mol. The number of nitrogens with one attached hydrogen (secondary N) is 1. The highest BCUT2D eigenvalue weighted by Gasteiger charge is 2.28. The average molecular weight is 546 g/mol. The molecule has 3 aromatic rings. The molecule has 1 saturated heterocycles. The number of carbonyl (C=O) groups is 1. The molecule has 5 rings (SSSR count). The van der Waals surface area contributed by atoms with E-state index in [4.69, 9.17) is 0 Å². The van der Waals surface area contributed by atoms with Crippen molar-refractivity contribution < 1.29 is 13.2 Å². The first-order valence-electron chi connectivity index (χ1n) is 14.1. The van der Waals surface area contributed by atoms with E-state index in [2.05, 4.69) is 70.3 Å². The zero-order chi connectivity index (χ0) is 27.2. The van der Waals surface area contributed by atoms with E-state index in [-0.39, 0.29) is 29.3 Å². The smallest absolute Gasteiger partial charge is 0.240 e. The zero-order valence-corrected chi connectivity index (χ0v) is 23.5. The molecular formula is C32H39N3O3S. The van der Waals surface area contributed by atoms with Crippen LogP contribution in [0, 0.1) is 0 Å². The molecule has 1 aliphatic carbocycles. The third-order valence-electron chi connectivity index (χ3n) is 8.12. The van der Waals surface area contributed by atoms with Crippen molar-refractivity contribution in [2.75, 3.05) is 26.7 Å². The number of likely N-dealkylation sites (tertiary alicyclic amines) is 1. The molecule has 0 atom stereocenters. The SMILES string of the molecule is CN(C(=O)Cc1ccc(S(=O)(=O)NC2CC2)cc1)C1CCN(CCC(c2ccccc2)c2ccccc2)CC1. The molecule has 1 heterocycles. The van der Waals surface area contributed by atoms with Crippen LogP contribution in [0.2, 0.25) is 0 Å². The molecule has 0 radical (unpaired) electrons. The van der Waals surface area contributed by atoms with Gasteiger partial charge in [-0.2, -0.15) is 0 Å². The summed E-state index contributed by atoms with van der Waals surface area (Å²) in [5.41, 5.74) is 3.55. The normalized spacial score (nSPS) is 16.9. The summed E-state index contributed by atoms with van der Waals surface area (Å²) < 4.78 is 27.5. The largest absolute Gasteiger partial charge is 0.342 e. The average Bonchev–Trinajstić information content (AvgIpc) is 3.78. The number of likely N-dealkylation sites (N-methyl/N-ethyl adjacent to an activating group) is 1. The summed E-state index contributed by atoms with van der Waals surface area (Å²) in [7, 11) is -1.57. The number of sulfonamides is 1. The van der Waals surface area contributed by atoms with Crippen LogP contribution in [0.1, 0.15) is 54.7 Å². The number of nitrogens with zero attached hydrogens (tertiary/aromatic N) is 2. The first kappa shape index (κ1) is 27.6. The van der Waals surface area contributed by atoms with Gasteiger partial charge in [0, 0.05) is 38.1 Å². The second kappa shape index (κ2) is 12.5. The van der Waals surface area contributed by atoms with Crippen LogP contribution in [0.3, 0.4) is 0 Å². The fraction of sp³-hybridized carbons (Fsp3) is 0.406. The van der Waals surface area contributed by atoms with Crippen molar-refractivity contribution in [3.05, 3.63) is 102 Å². The minimum absolute atomic E-state index is 0.0745. The lowest BCUT2D eigenvalue weighted by molar-refractivity contribution is -0.132. The topological polar surface area (TPSA) is 69.7 Å². The molecule has 1 N–H and O–H groups in total. The van der Waals surface area contributed by atoms with Crippen molar-refractivity contribution in [1.29, 1.82) is 0 Å². The number of hydrogen-bond donors (Lipinski definition) is 1. The Morgan fingerprint density at radius 2 is 1.44 bits per heavy atom. The van der Waals surface area contributed by atoms with E-state index in [0.717, 1.165) is 57.3 Å². The van der Waals surface area contributed by atoms with E-state index in [9.17, 15) is 13.2 Å². The summed E-state index contributed by atoms with van der Waals surface area (Å²) in [5, 5.41) is 0. The van der Waals surface area contributed by atoms with Crippen molar-refractivity contribution in [2.45, 2.75) is 61.4 Å². The molecule has 0 spiro atoms. The highest BCUT2D eigenvalue weighted by Crippen LogP contribution is 2.29. The second-order valence-corrected chi connectivity index (χ2v) is 12.7. The van der Waals surface area contributed by atoms with Gasteiger partial charge >= 0.3 is 0 Å². The number of hydrogen-bond acceptors (Lipinski definition) is 4. The molecule has 1 amide bonds. The lowest BCUT2D eigenvalue weighted by atomic mass is 9.88. The molecule has 1 saturated carbocycles. The van der Waals surface area contributed by atoms with Gasteiger partial charge in [-0.3, -0.25) is 4.79 Å². The van der Waals surface area contributed by atoms with E-state index in [1.54, 1.807) is 24.3 Å². The number of carbonyl (C=O) groups excluding carboxylic acids is 1. The van der Waals surface area contributed by atoms with Crippen molar-refractivity contribution in [3.63, 3.8) is 0 Å². The van der Waals surface area contributed by atoms with Gasteiger partial charge in [-0.15, -0.1) is 0 Å². The number of amides is 1. The van der Waals surface area contributed by atoms with Gasteiger partial charge in [-0.05, 0) is 67.5 Å². The summed E-state index contributed by atoms with van der Waals surface area (Å²) in [6, 6.07) is 28.5. The molecule has 1 aliphatic heterocycles. The number of rotatable bonds is 11. The van der Waals surface area contributed by atoms with Crippen molar-refractivity contribution in [1.82, 2.24) is 14.5 Å². The molecular weight excluding hydrogens is 506 g/mol. The van der Waals surface area contributed by atoms with Crippen LogP contribution >= 0.6 is 0 Å². The predicted octanol–water partition coefficient (Wildman–Crippen LogP) is 4.81. The molecule has 6 nitrogen and oxygen atoms in total. The molecule has 0 bridgehead atoms. The Hall–Kier alpha value is -3.00. The summed E-state index contributed by atoms with van der Waals surface area (Å²) >= 11 is 0. The van der Waals surface area contributed by atoms with Gasteiger partial charge in [0.1, 0.15) is 0 Å². The van der Waals surface area contributed by atoms with E-state index in [1.807, 2.05) is 11.9 Å². The van der Waals surface area contributed by atoms with E-state index in [1.165, 1.54) is 11.1 Å². The number of benzene rings is 3. The van der Waals surface area contributed by atoms with Gasteiger partial charge in [0.15, 0.2) is 0 Å². The second-order valence-electron chi connectivity index (χ2n) is 11.0. The van der Waals surface area contributed by atoms with Gasteiger partial charge < -0.3 is 9.80 Å². The quantitative estimate of drug-likeness (QED) is 0.375. The summed E-state index contributed by atoms with van der Waals surface area (Å²) in [4.78, 5) is 17.7. The van der Waals surface area contributed by atoms with E-state index in [0.29, 0.717) is 5.92 Å². The Labute approximate surface area is 233 Å². The molecule has 7 heteroatoms. The van der Waals surface area contributed by atoms with Gasteiger partial charge in [0.25, 0.3) is 0 Å². The van der Waals surface area contributed by atoms with Crippen molar-refractivity contribution >= 4 is 15.9 Å². The van der Waals surface area contributed by atoms with E-state index < -0.39 is 10.0 Å². The maximum absolute atomic E-state index is 13.0. The first-order chi connectivity index (χ1) is 18.9. The lowest BCUT2D eigenvalue weighted by Gasteiger charge is -2.37. The van der Waals surface area contributed by atoms with Gasteiger partial charge in [-0.1, -0.05) is 72.8 Å². The van der Waals surface area contributed by atoms with Crippen molar-refractivity contribution in [3.8, 4) is 0 Å². The molecule has 3 aromatic carbocycles. The zero-order valence-electron chi connectivity index (χ0n) is 22.7. The standard InChI is InChI=1S/C32H39N3O3S/c1-34(32(36)24-25-12-16-30(17-13-25)39(37,38)33-28-14-15-28)29-18-21-35(22-19-29)23-20-31(26-8-4-2-5-9-26)27-10-6-3-7-11-27/h2-13,16-17,28-29,31,33H,14-15,18-24H2,1H3. The molecule has 0 aromatic heterocycles. The van der Waals surface area contributed by atoms with Crippen LogP contribution in [0.25, 0.3) is 0 Å². The molecule has 2 fully saturated rings. The van der Waals surface area contributed by atoms with Gasteiger partial charge in [0.05, 0.1) is 11.3 Å². The fourth-order valence-electron chi connectivity index (χ4n) is 5.52. The highest BCUT2D eigenvalue weighted by atomic mass is 32.2. The fourth-order valence-corrected chi connectivity index (χ4v) is 6.82. The molecule has 0 unspecified atom stereocenters. The van der Waals surface area contributed by atoms with Gasteiger partial charge in [0.2, 0.25) is 15.9 Å². The predicted molar refractivity (Wildman–Crippen MR) is 155 cm³/mol. The van der Waals surface area contributed by atoms with E-state index >= 15 is 0 Å². The Kier molecular flexibility index (Phi) is 8.80. The van der Waals surface area contributed by atoms with Crippen LogP contribution in [0.15, 0.2) is 89.8 Å². The molecule has 206 valence electrons. The van der Waals surface area contributed by atoms with Crippen LogP contribution < -0.4 is 4.72 Å². The first-order valence-corrected chi connectivity index (χ1v) is 15.6. The maximum atomic E-state index is 13.0. The maximum Gasteiger partial charge on any atom is 0.240 e. The Balaban J connectivity index is 1.10. The lowest BCUT2D eigenvalue weighted by Crippen LogP contribution is -2.46. The Bertz CT molecular complexity index is 1280. The Morgan fingerprint density at radius 1 is 0.872 bits per heavy atom. The third-order valence-corrected chi connectivity index (χ3v) is 9.66. The minimum Gasteiger partial charge on any atom is -0.342 e. The van der Waals surface area contributed by atoms with Crippen LogP contribution in [0.5, 0.6) is 0 Å². The third kappa shape index (κ3) is 7.35. The molecule has 39 heavy (non-hydrogen) atoms. The number of piperidine rings is 1. The van der Waals surface area contributed by atoms with Crippen molar-refractivity contribution in [2.24, 2.45) is 0 Å². The summed E-state index contributed by atoms with van der Waals surface area (Å²) in [6.07, 6.45) is 5.08. The summed E-state index contributed by atoms with van der Waals surface area (Å²) in [6.45, 7) is 3.00. The van der Waals surface area contributed by atoms with Gasteiger partial charge in [-0.25, -0.2) is 13.1 Å². The van der Waals surface area contributed by atoms with Crippen LogP contribution in [-0.2, 0) is 21.2 Å². The highest BCUT2D eigenvalue weighted by molar-refractivity contribution is 7.89. The summed E-state index contributed by atoms with van der Waals surface area (Å²) in [5.74, 6) is 0.452. The van der Waals surface area contributed by atoms with Crippen LogP contribution in [0.4, 0.5) is 0 Å². The minimum atomic E-state index is -3.47. The van der Waals surface area contributed by atoms with Crippen LogP contribution in [-0.4, -0.2) is 62.9 Å². The molecule has 2 aliphatic rings. The Morgan fingerprint density at radius 3 is 1.97 bits per heavy atom.